The molecule has 1 saturated heterocycles. The molecule has 92 valence electrons. The molecule has 1 aromatic rings. The van der Waals surface area contributed by atoms with Crippen molar-refractivity contribution in [2.75, 3.05) is 19.6 Å². The first-order valence-electron chi connectivity index (χ1n) is 5.40. The summed E-state index contributed by atoms with van der Waals surface area (Å²) < 4.78 is 0. The highest BCUT2D eigenvalue weighted by molar-refractivity contribution is 7.13. The Morgan fingerprint density at radius 2 is 2.29 bits per heavy atom. The van der Waals surface area contributed by atoms with Crippen LogP contribution in [0.15, 0.2) is 12.1 Å². The van der Waals surface area contributed by atoms with Crippen LogP contribution in [0.4, 0.5) is 0 Å². The van der Waals surface area contributed by atoms with Gasteiger partial charge in [0.2, 0.25) is 0 Å². The van der Waals surface area contributed by atoms with Crippen LogP contribution in [0.25, 0.3) is 0 Å². The van der Waals surface area contributed by atoms with Crippen molar-refractivity contribution in [3.8, 4) is 0 Å². The maximum atomic E-state index is 12.2. The molecule has 1 fully saturated rings. The van der Waals surface area contributed by atoms with Crippen molar-refractivity contribution in [1.29, 1.82) is 0 Å². The number of rotatable bonds is 2. The summed E-state index contributed by atoms with van der Waals surface area (Å²) in [5.41, 5.74) is 0. The molecule has 1 atom stereocenters. The van der Waals surface area contributed by atoms with Crippen LogP contribution in [-0.4, -0.2) is 47.6 Å². The molecule has 1 unspecified atom stereocenters. The number of aryl methyl sites for hydroxylation is 1. The standard InChI is InChI=1S/C11H14N2O3S/c1-7-2-3-9(17-7)10(14)13-5-4-12-6-8(13)11(15)16/h2-3,8,12H,4-6H2,1H3,(H,15,16). The molecule has 0 radical (unpaired) electrons. The van der Waals surface area contributed by atoms with Crippen LogP contribution in [0.3, 0.4) is 0 Å². The zero-order chi connectivity index (χ0) is 12.4. The number of nitrogens with zero attached hydrogens (tertiary/aromatic N) is 1. The van der Waals surface area contributed by atoms with E-state index in [1.54, 1.807) is 6.07 Å². The van der Waals surface area contributed by atoms with Crippen LogP contribution in [0, 0.1) is 6.92 Å². The highest BCUT2D eigenvalue weighted by Gasteiger charge is 2.32. The summed E-state index contributed by atoms with van der Waals surface area (Å²) in [5, 5.41) is 12.1. The molecular formula is C11H14N2O3S. The van der Waals surface area contributed by atoms with E-state index in [0.29, 0.717) is 24.5 Å². The second-order valence-electron chi connectivity index (χ2n) is 3.97. The van der Waals surface area contributed by atoms with Gasteiger partial charge in [-0.15, -0.1) is 11.3 Å². The summed E-state index contributed by atoms with van der Waals surface area (Å²) in [4.78, 5) is 26.3. The average molecular weight is 254 g/mol. The number of hydrogen-bond acceptors (Lipinski definition) is 4. The molecule has 1 amide bonds. The number of carboxylic acid groups (broad SMARTS) is 1. The normalized spacial score (nSPS) is 20.3. The summed E-state index contributed by atoms with van der Waals surface area (Å²) in [7, 11) is 0. The van der Waals surface area contributed by atoms with Crippen LogP contribution in [0.2, 0.25) is 0 Å². The Morgan fingerprint density at radius 3 is 2.88 bits per heavy atom. The van der Waals surface area contributed by atoms with Gasteiger partial charge in [-0.3, -0.25) is 4.79 Å². The minimum Gasteiger partial charge on any atom is -0.480 e. The van der Waals surface area contributed by atoms with Crippen molar-refractivity contribution in [1.82, 2.24) is 10.2 Å². The van der Waals surface area contributed by atoms with Crippen LogP contribution in [0.1, 0.15) is 14.5 Å². The van der Waals surface area contributed by atoms with Gasteiger partial charge in [0.05, 0.1) is 4.88 Å². The predicted octanol–water partition coefficient (Wildman–Crippen LogP) is 0.555. The third-order valence-electron chi connectivity index (χ3n) is 2.74. The van der Waals surface area contributed by atoms with Gasteiger partial charge in [-0.1, -0.05) is 0 Å². The summed E-state index contributed by atoms with van der Waals surface area (Å²) >= 11 is 1.40. The maximum Gasteiger partial charge on any atom is 0.327 e. The number of carboxylic acids is 1. The zero-order valence-corrected chi connectivity index (χ0v) is 10.3. The van der Waals surface area contributed by atoms with Crippen LogP contribution in [-0.2, 0) is 4.79 Å². The minimum absolute atomic E-state index is 0.183. The molecular weight excluding hydrogens is 240 g/mol. The van der Waals surface area contributed by atoms with Crippen LogP contribution >= 0.6 is 11.3 Å². The Kier molecular flexibility index (Phi) is 3.44. The third-order valence-corrected chi connectivity index (χ3v) is 3.73. The van der Waals surface area contributed by atoms with E-state index in [4.69, 9.17) is 5.11 Å². The molecule has 1 aliphatic rings. The number of carbonyl (C=O) groups excluding carboxylic acids is 1. The lowest BCUT2D eigenvalue weighted by atomic mass is 10.2. The van der Waals surface area contributed by atoms with Gasteiger partial charge in [0.1, 0.15) is 6.04 Å². The lowest BCUT2D eigenvalue weighted by molar-refractivity contribution is -0.142. The van der Waals surface area contributed by atoms with Gasteiger partial charge >= 0.3 is 5.97 Å². The summed E-state index contributed by atoms with van der Waals surface area (Å²) in [6.07, 6.45) is 0. The summed E-state index contributed by atoms with van der Waals surface area (Å²) in [5.74, 6) is -1.14. The number of amides is 1. The predicted molar refractivity (Wildman–Crippen MR) is 64.4 cm³/mol. The molecule has 2 rings (SSSR count). The number of aliphatic carboxylic acids is 1. The lowest BCUT2D eigenvalue weighted by Gasteiger charge is -2.33. The molecule has 1 aromatic heterocycles. The Bertz CT molecular complexity index is 444. The highest BCUT2D eigenvalue weighted by atomic mass is 32.1. The smallest absolute Gasteiger partial charge is 0.327 e. The molecule has 0 saturated carbocycles. The molecule has 0 aliphatic carbocycles. The first kappa shape index (κ1) is 12.1. The number of thiophene rings is 1. The van der Waals surface area contributed by atoms with Crippen LogP contribution in [0.5, 0.6) is 0 Å². The lowest BCUT2D eigenvalue weighted by Crippen LogP contribution is -2.56. The number of carbonyl (C=O) groups is 2. The molecule has 2 heterocycles. The van der Waals surface area contributed by atoms with Crippen molar-refractivity contribution < 1.29 is 14.7 Å². The van der Waals surface area contributed by atoms with Crippen molar-refractivity contribution >= 4 is 23.2 Å². The third kappa shape index (κ3) is 2.48. The number of nitrogens with one attached hydrogen (secondary N) is 1. The van der Waals surface area contributed by atoms with Crippen LogP contribution < -0.4 is 5.32 Å². The summed E-state index contributed by atoms with van der Waals surface area (Å²) in [6, 6.07) is 2.86. The van der Waals surface area contributed by atoms with Gasteiger partial charge in [0.15, 0.2) is 0 Å². The van der Waals surface area contributed by atoms with Gasteiger partial charge in [0, 0.05) is 24.5 Å². The first-order chi connectivity index (χ1) is 8.09. The minimum atomic E-state index is -0.959. The van der Waals surface area contributed by atoms with E-state index in [0.717, 1.165) is 4.88 Å². The largest absolute Gasteiger partial charge is 0.480 e. The highest BCUT2D eigenvalue weighted by Crippen LogP contribution is 2.19. The zero-order valence-electron chi connectivity index (χ0n) is 9.47. The molecule has 1 aliphatic heterocycles. The number of hydrogen-bond donors (Lipinski definition) is 2. The van der Waals surface area contributed by atoms with E-state index >= 15 is 0 Å². The Morgan fingerprint density at radius 1 is 1.53 bits per heavy atom. The second kappa shape index (κ2) is 4.85. The van der Waals surface area contributed by atoms with Crippen molar-refractivity contribution in [3.63, 3.8) is 0 Å². The second-order valence-corrected chi connectivity index (χ2v) is 5.25. The molecule has 2 N–H and O–H groups in total. The first-order valence-corrected chi connectivity index (χ1v) is 6.22. The van der Waals surface area contributed by atoms with Gasteiger partial charge in [-0.05, 0) is 19.1 Å². The summed E-state index contributed by atoms with van der Waals surface area (Å²) in [6.45, 7) is 3.31. The van der Waals surface area contributed by atoms with E-state index in [2.05, 4.69) is 5.32 Å². The quantitative estimate of drug-likeness (QED) is 0.809. The van der Waals surface area contributed by atoms with E-state index in [1.165, 1.54) is 16.2 Å². The fourth-order valence-corrected chi connectivity index (χ4v) is 2.68. The topological polar surface area (TPSA) is 69.6 Å². The Hall–Kier alpha value is -1.40. The molecule has 0 aromatic carbocycles. The fraction of sp³-hybridized carbons (Fsp3) is 0.455. The van der Waals surface area contributed by atoms with E-state index in [1.807, 2.05) is 13.0 Å². The molecule has 6 heteroatoms. The van der Waals surface area contributed by atoms with E-state index in [-0.39, 0.29) is 5.91 Å². The number of piperazine rings is 1. The van der Waals surface area contributed by atoms with Gasteiger partial charge in [0.25, 0.3) is 5.91 Å². The molecule has 17 heavy (non-hydrogen) atoms. The van der Waals surface area contributed by atoms with Gasteiger partial charge < -0.3 is 15.3 Å². The van der Waals surface area contributed by atoms with E-state index in [9.17, 15) is 9.59 Å². The van der Waals surface area contributed by atoms with Gasteiger partial charge in [-0.2, -0.15) is 0 Å². The molecule has 5 nitrogen and oxygen atoms in total. The Balaban J connectivity index is 2.19. The van der Waals surface area contributed by atoms with Gasteiger partial charge in [-0.25, -0.2) is 4.79 Å². The van der Waals surface area contributed by atoms with Crippen molar-refractivity contribution in [3.05, 3.63) is 21.9 Å². The Labute approximate surface area is 103 Å². The molecule has 0 bridgehead atoms. The van der Waals surface area contributed by atoms with E-state index < -0.39 is 12.0 Å². The van der Waals surface area contributed by atoms with Crippen molar-refractivity contribution in [2.24, 2.45) is 0 Å². The SMILES string of the molecule is Cc1ccc(C(=O)N2CCNCC2C(=O)O)s1. The average Bonchev–Trinajstić information content (AvgIpc) is 2.75. The van der Waals surface area contributed by atoms with Crippen molar-refractivity contribution in [2.45, 2.75) is 13.0 Å². The fourth-order valence-electron chi connectivity index (χ4n) is 1.86. The maximum absolute atomic E-state index is 12.2. The monoisotopic (exact) mass is 254 g/mol. The molecule has 0 spiro atoms.